The molecule has 0 atom stereocenters. The molecule has 0 saturated carbocycles. The molecule has 0 bridgehead atoms. The van der Waals surface area contributed by atoms with Gasteiger partial charge in [0.05, 0.1) is 5.75 Å². The molecule has 1 aromatic rings. The molecular weight excluding hydrogens is 234 g/mol. The van der Waals surface area contributed by atoms with Crippen LogP contribution in [0.3, 0.4) is 0 Å². The Morgan fingerprint density at radius 3 is 2.69 bits per heavy atom. The highest BCUT2D eigenvalue weighted by Crippen LogP contribution is 2.09. The molecule has 90 valence electrons. The molecule has 3 N–H and O–H groups in total. The zero-order valence-corrected chi connectivity index (χ0v) is 9.71. The summed E-state index contributed by atoms with van der Waals surface area (Å²) in [6.45, 7) is 3.54. The third-order valence-corrected chi connectivity index (χ3v) is 3.25. The van der Waals surface area contributed by atoms with Crippen molar-refractivity contribution >= 4 is 21.8 Å². The van der Waals surface area contributed by atoms with Gasteiger partial charge in [0.1, 0.15) is 5.69 Å². The number of aromatic carboxylic acids is 1. The number of H-pyrrole nitrogens is 1. The van der Waals surface area contributed by atoms with Crippen LogP contribution in [0.1, 0.15) is 24.3 Å². The lowest BCUT2D eigenvalue weighted by Crippen LogP contribution is -2.20. The van der Waals surface area contributed by atoms with Crippen LogP contribution in [0.2, 0.25) is 0 Å². The van der Waals surface area contributed by atoms with Crippen molar-refractivity contribution in [3.8, 4) is 0 Å². The maximum atomic E-state index is 11.5. The number of carboxylic acid groups (broad SMARTS) is 1. The van der Waals surface area contributed by atoms with E-state index in [1.165, 1.54) is 0 Å². The predicted octanol–water partition coefficient (Wildman–Crippen LogP) is 0.506. The fourth-order valence-electron chi connectivity index (χ4n) is 1.12. The van der Waals surface area contributed by atoms with Gasteiger partial charge in [-0.2, -0.15) is 5.10 Å². The normalized spacial score (nSPS) is 11.7. The van der Waals surface area contributed by atoms with Crippen molar-refractivity contribution in [3.05, 3.63) is 11.8 Å². The maximum Gasteiger partial charge on any atom is 0.353 e. The first-order chi connectivity index (χ1) is 7.30. The van der Waals surface area contributed by atoms with E-state index in [1.807, 2.05) is 0 Å². The summed E-state index contributed by atoms with van der Waals surface area (Å²) in [6, 6.07) is 1.13. The van der Waals surface area contributed by atoms with Gasteiger partial charge in [0.25, 0.3) is 0 Å². The molecule has 0 unspecified atom stereocenters. The van der Waals surface area contributed by atoms with Crippen LogP contribution in [-0.4, -0.2) is 35.4 Å². The number of aromatic nitrogens is 2. The minimum atomic E-state index is -3.47. The van der Waals surface area contributed by atoms with Crippen LogP contribution in [0.15, 0.2) is 6.07 Å². The largest absolute Gasteiger partial charge is 0.477 e. The van der Waals surface area contributed by atoms with Crippen LogP contribution in [-0.2, 0) is 10.0 Å². The molecule has 0 radical (unpaired) electrons. The molecule has 0 aliphatic heterocycles. The van der Waals surface area contributed by atoms with Crippen LogP contribution in [0, 0.1) is 5.92 Å². The second-order valence-electron chi connectivity index (χ2n) is 3.75. The van der Waals surface area contributed by atoms with Gasteiger partial charge >= 0.3 is 5.97 Å². The lowest BCUT2D eigenvalue weighted by molar-refractivity contribution is 0.0690. The quantitative estimate of drug-likeness (QED) is 0.701. The van der Waals surface area contributed by atoms with Gasteiger partial charge in [-0.25, -0.2) is 13.2 Å². The van der Waals surface area contributed by atoms with Crippen molar-refractivity contribution in [3.63, 3.8) is 0 Å². The Hall–Kier alpha value is -1.57. The molecule has 1 aromatic heterocycles. The smallest absolute Gasteiger partial charge is 0.353 e. The van der Waals surface area contributed by atoms with E-state index < -0.39 is 16.0 Å². The Morgan fingerprint density at radius 2 is 2.25 bits per heavy atom. The average Bonchev–Trinajstić information content (AvgIpc) is 2.48. The first kappa shape index (κ1) is 12.5. The fraction of sp³-hybridized carbons (Fsp3) is 0.500. The van der Waals surface area contributed by atoms with Crippen molar-refractivity contribution in [2.75, 3.05) is 10.5 Å². The first-order valence-corrected chi connectivity index (χ1v) is 6.24. The van der Waals surface area contributed by atoms with Crippen LogP contribution in [0.4, 0.5) is 5.82 Å². The molecule has 1 rings (SSSR count). The summed E-state index contributed by atoms with van der Waals surface area (Å²) < 4.78 is 25.1. The number of nitrogens with one attached hydrogen (secondary N) is 2. The highest BCUT2D eigenvalue weighted by molar-refractivity contribution is 7.92. The Bertz CT molecular complexity index is 477. The van der Waals surface area contributed by atoms with Gasteiger partial charge in [-0.1, -0.05) is 13.8 Å². The van der Waals surface area contributed by atoms with Crippen molar-refractivity contribution in [1.82, 2.24) is 10.2 Å². The zero-order chi connectivity index (χ0) is 12.3. The van der Waals surface area contributed by atoms with Gasteiger partial charge in [0, 0.05) is 6.07 Å². The number of aromatic amines is 1. The molecule has 16 heavy (non-hydrogen) atoms. The van der Waals surface area contributed by atoms with Gasteiger partial charge in [0.15, 0.2) is 5.82 Å². The number of carbonyl (C=O) groups is 1. The first-order valence-electron chi connectivity index (χ1n) is 4.59. The number of hydrogen-bond donors (Lipinski definition) is 3. The number of carboxylic acids is 1. The van der Waals surface area contributed by atoms with Crippen molar-refractivity contribution in [2.45, 2.75) is 13.8 Å². The van der Waals surface area contributed by atoms with E-state index in [2.05, 4.69) is 14.9 Å². The number of sulfonamides is 1. The molecule has 0 saturated heterocycles. The summed E-state index contributed by atoms with van der Waals surface area (Å²) in [5, 5.41) is 14.3. The van der Waals surface area contributed by atoms with Crippen LogP contribution in [0.25, 0.3) is 0 Å². The average molecular weight is 247 g/mol. The summed E-state index contributed by atoms with van der Waals surface area (Å²) in [5.41, 5.74) is -0.165. The Balaban J connectivity index is 2.77. The van der Waals surface area contributed by atoms with Gasteiger partial charge in [-0.3, -0.25) is 9.82 Å². The molecule has 0 aromatic carbocycles. The van der Waals surface area contributed by atoms with Gasteiger partial charge in [0.2, 0.25) is 10.0 Å². The monoisotopic (exact) mass is 247 g/mol. The van der Waals surface area contributed by atoms with E-state index >= 15 is 0 Å². The van der Waals surface area contributed by atoms with E-state index in [1.54, 1.807) is 13.8 Å². The number of nitrogens with zero attached hydrogens (tertiary/aromatic N) is 1. The highest BCUT2D eigenvalue weighted by atomic mass is 32.2. The summed E-state index contributed by atoms with van der Waals surface area (Å²) in [6.07, 6.45) is 0. The minimum Gasteiger partial charge on any atom is -0.477 e. The Labute approximate surface area is 92.9 Å². The topological polar surface area (TPSA) is 112 Å². The Morgan fingerprint density at radius 1 is 1.62 bits per heavy atom. The SMILES string of the molecule is CC(C)CS(=O)(=O)Nc1cc(C(=O)O)[nH]n1. The summed E-state index contributed by atoms with van der Waals surface area (Å²) in [7, 11) is -3.47. The second-order valence-corrected chi connectivity index (χ2v) is 5.52. The third kappa shape index (κ3) is 3.54. The van der Waals surface area contributed by atoms with Crippen LogP contribution >= 0.6 is 0 Å². The van der Waals surface area contributed by atoms with Crippen LogP contribution in [0.5, 0.6) is 0 Å². The zero-order valence-electron chi connectivity index (χ0n) is 8.89. The molecular formula is C8H13N3O4S. The van der Waals surface area contributed by atoms with Gasteiger partial charge in [-0.15, -0.1) is 0 Å². The highest BCUT2D eigenvalue weighted by Gasteiger charge is 2.15. The second kappa shape index (κ2) is 4.52. The standard InChI is InChI=1S/C8H13N3O4S/c1-5(2)4-16(14,15)11-7-3-6(8(12)13)9-10-7/h3,5H,4H2,1-2H3,(H,12,13)(H2,9,10,11). The molecule has 8 heteroatoms. The van der Waals surface area contributed by atoms with E-state index in [4.69, 9.17) is 5.11 Å². The molecule has 7 nitrogen and oxygen atoms in total. The van der Waals surface area contributed by atoms with E-state index in [0.717, 1.165) is 6.07 Å². The summed E-state index contributed by atoms with van der Waals surface area (Å²) in [4.78, 5) is 10.5. The van der Waals surface area contributed by atoms with Crippen molar-refractivity contribution in [1.29, 1.82) is 0 Å². The molecule has 0 amide bonds. The number of hydrogen-bond acceptors (Lipinski definition) is 4. The predicted molar refractivity (Wildman–Crippen MR) is 57.8 cm³/mol. The van der Waals surface area contributed by atoms with Crippen molar-refractivity contribution in [2.24, 2.45) is 5.92 Å². The maximum absolute atomic E-state index is 11.5. The Kier molecular flexibility index (Phi) is 3.53. The van der Waals surface area contributed by atoms with Gasteiger partial charge in [-0.05, 0) is 5.92 Å². The van der Waals surface area contributed by atoms with E-state index in [9.17, 15) is 13.2 Å². The molecule has 0 aliphatic rings. The third-order valence-electron chi connectivity index (χ3n) is 1.62. The lowest BCUT2D eigenvalue weighted by Gasteiger charge is -2.06. The van der Waals surface area contributed by atoms with Crippen molar-refractivity contribution < 1.29 is 18.3 Å². The molecule has 0 spiro atoms. The number of rotatable bonds is 5. The van der Waals surface area contributed by atoms with E-state index in [0.29, 0.717) is 0 Å². The summed E-state index contributed by atoms with van der Waals surface area (Å²) in [5.74, 6) is -1.27. The molecule has 0 aliphatic carbocycles. The minimum absolute atomic E-state index is 0.0157. The molecule has 0 fully saturated rings. The van der Waals surface area contributed by atoms with Gasteiger partial charge < -0.3 is 5.11 Å². The lowest BCUT2D eigenvalue weighted by atomic mass is 10.3. The fourth-order valence-corrected chi connectivity index (χ4v) is 2.51. The van der Waals surface area contributed by atoms with E-state index in [-0.39, 0.29) is 23.2 Å². The number of anilines is 1. The molecule has 1 heterocycles. The summed E-state index contributed by atoms with van der Waals surface area (Å²) >= 11 is 0. The van der Waals surface area contributed by atoms with Crippen LogP contribution < -0.4 is 4.72 Å².